The lowest BCUT2D eigenvalue weighted by Crippen LogP contribution is -2.36. The molecular weight excluding hydrogens is 322 g/mol. The van der Waals surface area contributed by atoms with Gasteiger partial charge in [-0.05, 0) is 0 Å². The predicted octanol–water partition coefficient (Wildman–Crippen LogP) is -0.340. The van der Waals surface area contributed by atoms with Gasteiger partial charge in [0.05, 0.1) is 11.4 Å². The Hall–Kier alpha value is 0.300. The van der Waals surface area contributed by atoms with Gasteiger partial charge in [-0.1, -0.05) is 15.9 Å². The van der Waals surface area contributed by atoms with Crippen molar-refractivity contribution >= 4 is 35.8 Å². The third-order valence-corrected chi connectivity index (χ3v) is 6.20. The van der Waals surface area contributed by atoms with Crippen LogP contribution in [0.4, 0.5) is 0 Å². The minimum absolute atomic E-state index is 0.158. The van der Waals surface area contributed by atoms with Gasteiger partial charge in [-0.3, -0.25) is 0 Å². The topological polar surface area (TPSA) is 80.8 Å². The second-order valence-corrected chi connectivity index (χ2v) is 9.37. The number of rotatable bonds is 7. The third-order valence-electron chi connectivity index (χ3n) is 1.64. The molecule has 9 heteroatoms. The number of sulfone groups is 1. The third kappa shape index (κ3) is 6.79. The molecule has 0 aliphatic carbocycles. The lowest BCUT2D eigenvalue weighted by atomic mass is 10.4. The van der Waals surface area contributed by atoms with Crippen LogP contribution in [0.25, 0.3) is 0 Å². The number of alkyl halides is 1. The fourth-order valence-corrected chi connectivity index (χ4v) is 5.17. The minimum Gasteiger partial charge on any atom is -0.383 e. The quantitative estimate of drug-likeness (QED) is 0.593. The zero-order valence-corrected chi connectivity index (χ0v) is 12.6. The van der Waals surface area contributed by atoms with E-state index in [2.05, 4.69) is 15.9 Å². The maximum Gasteiger partial charge on any atom is 0.228 e. The van der Waals surface area contributed by atoms with Gasteiger partial charge in [-0.15, -0.1) is 0 Å². The van der Waals surface area contributed by atoms with E-state index in [0.717, 1.165) is 10.6 Å². The summed E-state index contributed by atoms with van der Waals surface area (Å²) in [6.07, 6.45) is 0.888. The van der Waals surface area contributed by atoms with Crippen molar-refractivity contribution in [2.45, 2.75) is 4.83 Å². The van der Waals surface area contributed by atoms with Crippen LogP contribution < -0.4 is 0 Å². The van der Waals surface area contributed by atoms with Gasteiger partial charge in [0.25, 0.3) is 0 Å². The number of nitrogens with zero attached hydrogens (tertiary/aromatic N) is 1. The van der Waals surface area contributed by atoms with Crippen LogP contribution >= 0.6 is 15.9 Å². The number of methoxy groups -OCH3 is 1. The molecule has 0 aliphatic heterocycles. The molecule has 0 saturated heterocycles. The van der Waals surface area contributed by atoms with Gasteiger partial charge in [0, 0.05) is 27.0 Å². The lowest BCUT2D eigenvalue weighted by molar-refractivity contribution is 0.195. The smallest absolute Gasteiger partial charge is 0.228 e. The van der Waals surface area contributed by atoms with Gasteiger partial charge >= 0.3 is 0 Å². The fraction of sp³-hybridized carbons (Fsp3) is 1.00. The summed E-state index contributed by atoms with van der Waals surface area (Å²) in [5, 5.41) is -0.872. The van der Waals surface area contributed by atoms with Gasteiger partial charge in [0.2, 0.25) is 10.0 Å². The minimum atomic E-state index is -3.77. The molecule has 16 heavy (non-hydrogen) atoms. The van der Waals surface area contributed by atoms with Crippen LogP contribution in [0.3, 0.4) is 0 Å². The summed E-state index contributed by atoms with van der Waals surface area (Å²) in [6, 6.07) is 0. The molecule has 1 unspecified atom stereocenters. The molecule has 0 saturated carbocycles. The first-order valence-corrected chi connectivity index (χ1v) is 8.92. The number of halogens is 1. The molecule has 0 fully saturated rings. The number of hydrogen-bond acceptors (Lipinski definition) is 5. The van der Waals surface area contributed by atoms with Crippen molar-refractivity contribution in [1.29, 1.82) is 0 Å². The van der Waals surface area contributed by atoms with Crippen LogP contribution in [-0.2, 0) is 24.6 Å². The highest BCUT2D eigenvalue weighted by molar-refractivity contribution is 9.09. The van der Waals surface area contributed by atoms with E-state index in [-0.39, 0.29) is 11.4 Å². The Morgan fingerprint density at radius 3 is 2.19 bits per heavy atom. The molecule has 0 aromatic carbocycles. The second-order valence-electron chi connectivity index (χ2n) is 3.49. The standard InChI is InChI=1S/C7H16BrNO5S2/c1-9(4-7(8)5-14-2)16(12,13)6-15(3,10)11/h7H,4-6H2,1-3H3. The summed E-state index contributed by atoms with van der Waals surface area (Å²) in [5.41, 5.74) is 0. The van der Waals surface area contributed by atoms with Gasteiger partial charge in [0.1, 0.15) is 0 Å². The fourth-order valence-electron chi connectivity index (χ4n) is 0.987. The first-order valence-electron chi connectivity index (χ1n) is 4.33. The van der Waals surface area contributed by atoms with E-state index in [9.17, 15) is 16.8 Å². The van der Waals surface area contributed by atoms with Gasteiger partial charge in [-0.25, -0.2) is 21.1 Å². The Morgan fingerprint density at radius 1 is 1.31 bits per heavy atom. The van der Waals surface area contributed by atoms with E-state index >= 15 is 0 Å². The molecule has 0 rings (SSSR count). The van der Waals surface area contributed by atoms with E-state index < -0.39 is 24.9 Å². The van der Waals surface area contributed by atoms with E-state index in [1.54, 1.807) is 0 Å². The first-order chi connectivity index (χ1) is 7.08. The van der Waals surface area contributed by atoms with Crippen LogP contribution in [0.2, 0.25) is 0 Å². The molecule has 1 atom stereocenters. The average Bonchev–Trinajstić information content (AvgIpc) is 1.99. The van der Waals surface area contributed by atoms with Crippen molar-refractivity contribution in [2.24, 2.45) is 0 Å². The molecule has 0 spiro atoms. The van der Waals surface area contributed by atoms with Crippen LogP contribution in [0, 0.1) is 0 Å². The van der Waals surface area contributed by atoms with E-state index in [1.165, 1.54) is 14.2 Å². The van der Waals surface area contributed by atoms with Crippen LogP contribution in [0.15, 0.2) is 0 Å². The molecule has 0 aliphatic rings. The summed E-state index contributed by atoms with van der Waals surface area (Å²) < 4.78 is 50.8. The van der Waals surface area contributed by atoms with Crippen molar-refractivity contribution in [3.8, 4) is 0 Å². The summed E-state index contributed by atoms with van der Waals surface area (Å²) in [7, 11) is -4.49. The van der Waals surface area contributed by atoms with Crippen molar-refractivity contribution in [3.63, 3.8) is 0 Å². The first kappa shape index (κ1) is 16.3. The summed E-state index contributed by atoms with van der Waals surface area (Å²) in [5.74, 6) is 0. The molecule has 0 aromatic rings. The van der Waals surface area contributed by atoms with E-state index in [0.29, 0.717) is 6.61 Å². The highest BCUT2D eigenvalue weighted by Crippen LogP contribution is 2.08. The number of ether oxygens (including phenoxy) is 1. The average molecular weight is 338 g/mol. The zero-order valence-electron chi connectivity index (χ0n) is 9.38. The largest absolute Gasteiger partial charge is 0.383 e. The highest BCUT2D eigenvalue weighted by Gasteiger charge is 2.24. The SMILES string of the molecule is COCC(Br)CN(C)S(=O)(=O)CS(C)(=O)=O. The molecule has 0 aromatic heterocycles. The number of sulfonamides is 1. The molecule has 0 bridgehead atoms. The lowest BCUT2D eigenvalue weighted by Gasteiger charge is -2.19. The summed E-state index contributed by atoms with van der Waals surface area (Å²) in [6.45, 7) is 0.504. The Labute approximate surface area is 105 Å². The monoisotopic (exact) mass is 337 g/mol. The molecule has 0 heterocycles. The van der Waals surface area contributed by atoms with Crippen molar-refractivity contribution in [2.75, 3.05) is 38.6 Å². The summed E-state index contributed by atoms with van der Waals surface area (Å²) in [4.78, 5) is -0.170. The Kier molecular flexibility index (Phi) is 6.41. The molecule has 0 radical (unpaired) electrons. The van der Waals surface area contributed by atoms with E-state index in [4.69, 9.17) is 4.74 Å². The van der Waals surface area contributed by atoms with Crippen molar-refractivity contribution < 1.29 is 21.6 Å². The summed E-state index contributed by atoms with van der Waals surface area (Å²) >= 11 is 3.23. The van der Waals surface area contributed by atoms with Crippen molar-refractivity contribution in [3.05, 3.63) is 0 Å². The Bertz CT molecular complexity index is 404. The predicted molar refractivity (Wildman–Crippen MR) is 65.9 cm³/mol. The normalized spacial score (nSPS) is 15.3. The van der Waals surface area contributed by atoms with Gasteiger partial charge in [0.15, 0.2) is 14.9 Å². The van der Waals surface area contributed by atoms with Crippen LogP contribution in [0.5, 0.6) is 0 Å². The number of hydrogen-bond donors (Lipinski definition) is 0. The second kappa shape index (κ2) is 6.29. The molecular formula is C7H16BrNO5S2. The molecule has 0 amide bonds. The Morgan fingerprint density at radius 2 is 1.81 bits per heavy atom. The van der Waals surface area contributed by atoms with Crippen molar-refractivity contribution in [1.82, 2.24) is 4.31 Å². The van der Waals surface area contributed by atoms with Gasteiger partial charge < -0.3 is 4.74 Å². The van der Waals surface area contributed by atoms with Gasteiger partial charge in [-0.2, -0.15) is 0 Å². The van der Waals surface area contributed by atoms with E-state index in [1.807, 2.05) is 0 Å². The zero-order chi connectivity index (χ0) is 13.0. The maximum atomic E-state index is 11.6. The Balaban J connectivity index is 4.54. The molecule has 0 N–H and O–H groups in total. The maximum absolute atomic E-state index is 11.6. The van der Waals surface area contributed by atoms with Crippen LogP contribution in [-0.4, -0.2) is 64.6 Å². The van der Waals surface area contributed by atoms with Crippen LogP contribution in [0.1, 0.15) is 0 Å². The molecule has 6 nitrogen and oxygen atoms in total. The highest BCUT2D eigenvalue weighted by atomic mass is 79.9. The molecule has 98 valence electrons.